The van der Waals surface area contributed by atoms with E-state index in [9.17, 15) is 9.90 Å². The first kappa shape index (κ1) is 14.6. The highest BCUT2D eigenvalue weighted by atomic mass is 16.3. The predicted molar refractivity (Wildman–Crippen MR) is 87.0 cm³/mol. The van der Waals surface area contributed by atoms with Gasteiger partial charge in [0, 0.05) is 17.3 Å². The first-order chi connectivity index (χ1) is 11.2. The molecule has 1 aromatic carbocycles. The van der Waals surface area contributed by atoms with Crippen molar-refractivity contribution in [3.05, 3.63) is 36.1 Å². The molecule has 2 amide bonds. The number of furan rings is 1. The summed E-state index contributed by atoms with van der Waals surface area (Å²) < 4.78 is 5.93. The van der Waals surface area contributed by atoms with Crippen molar-refractivity contribution in [2.45, 2.75) is 31.7 Å². The maximum absolute atomic E-state index is 12.2. The summed E-state index contributed by atoms with van der Waals surface area (Å²) >= 11 is 0. The average molecular weight is 314 g/mol. The van der Waals surface area contributed by atoms with Gasteiger partial charge in [0.15, 0.2) is 0 Å². The minimum Gasteiger partial charge on any atom is -0.459 e. The number of para-hydroxylation sites is 1. The second kappa shape index (κ2) is 5.57. The predicted octanol–water partition coefficient (Wildman–Crippen LogP) is 2.96. The first-order valence-corrected chi connectivity index (χ1v) is 8.33. The molecule has 2 fully saturated rings. The lowest BCUT2D eigenvalue weighted by Gasteiger charge is -2.18. The molecular formula is C18H22N2O3. The Morgan fingerprint density at radius 2 is 2.13 bits per heavy atom. The zero-order valence-electron chi connectivity index (χ0n) is 13.0. The Labute approximate surface area is 135 Å². The number of aliphatic hydroxyl groups is 1. The lowest BCUT2D eigenvalue weighted by Crippen LogP contribution is -2.41. The minimum atomic E-state index is -0.179. The summed E-state index contributed by atoms with van der Waals surface area (Å²) in [5, 5.41) is 16.3. The molecule has 1 atom stereocenters. The van der Waals surface area contributed by atoms with Crippen LogP contribution in [-0.4, -0.2) is 24.3 Å². The van der Waals surface area contributed by atoms with Crippen molar-refractivity contribution in [3.8, 4) is 0 Å². The van der Waals surface area contributed by atoms with Gasteiger partial charge in [-0.25, -0.2) is 4.79 Å². The third kappa shape index (κ3) is 3.06. The SMILES string of the molecule is O=C(NCC1(CO)CC1)NC(c1cc2ccccc2o1)C1CC1. The number of aliphatic hydroxyl groups excluding tert-OH is 1. The Morgan fingerprint density at radius 1 is 1.35 bits per heavy atom. The van der Waals surface area contributed by atoms with Crippen molar-refractivity contribution in [1.82, 2.24) is 10.6 Å². The highest BCUT2D eigenvalue weighted by Gasteiger charge is 2.42. The van der Waals surface area contributed by atoms with E-state index < -0.39 is 0 Å². The van der Waals surface area contributed by atoms with Crippen molar-refractivity contribution in [3.63, 3.8) is 0 Å². The lowest BCUT2D eigenvalue weighted by atomic mass is 10.1. The smallest absolute Gasteiger partial charge is 0.315 e. The molecule has 0 aliphatic heterocycles. The Balaban J connectivity index is 1.44. The molecule has 3 N–H and O–H groups in total. The van der Waals surface area contributed by atoms with Gasteiger partial charge in [-0.3, -0.25) is 0 Å². The quantitative estimate of drug-likeness (QED) is 0.767. The highest BCUT2D eigenvalue weighted by molar-refractivity contribution is 5.78. The van der Waals surface area contributed by atoms with Crippen LogP contribution in [0, 0.1) is 11.3 Å². The van der Waals surface area contributed by atoms with Gasteiger partial charge in [-0.05, 0) is 43.7 Å². The van der Waals surface area contributed by atoms with Crippen molar-refractivity contribution in [1.29, 1.82) is 0 Å². The van der Waals surface area contributed by atoms with Crippen LogP contribution in [0.3, 0.4) is 0 Å². The van der Waals surface area contributed by atoms with Crippen LogP contribution in [0.5, 0.6) is 0 Å². The number of hydrogen-bond acceptors (Lipinski definition) is 3. The van der Waals surface area contributed by atoms with E-state index in [-0.39, 0.29) is 24.1 Å². The Hall–Kier alpha value is -2.01. The molecule has 2 saturated carbocycles. The molecule has 2 aliphatic carbocycles. The van der Waals surface area contributed by atoms with E-state index in [1.54, 1.807) is 0 Å². The van der Waals surface area contributed by atoms with Crippen LogP contribution in [0.4, 0.5) is 4.79 Å². The van der Waals surface area contributed by atoms with Crippen molar-refractivity contribution >= 4 is 17.0 Å². The standard InChI is InChI=1S/C18H22N2O3/c21-11-18(7-8-18)10-19-17(22)20-16(12-5-6-12)15-9-13-3-1-2-4-14(13)23-15/h1-4,9,12,16,21H,5-8,10-11H2,(H2,19,20,22). The third-order valence-electron chi connectivity index (χ3n) is 5.05. The summed E-state index contributed by atoms with van der Waals surface area (Å²) in [5.74, 6) is 1.28. The van der Waals surface area contributed by atoms with Gasteiger partial charge in [0.1, 0.15) is 11.3 Å². The fraction of sp³-hybridized carbons (Fsp3) is 0.500. The van der Waals surface area contributed by atoms with Gasteiger partial charge in [-0.2, -0.15) is 0 Å². The van der Waals surface area contributed by atoms with E-state index in [2.05, 4.69) is 10.6 Å². The van der Waals surface area contributed by atoms with E-state index in [0.717, 1.165) is 42.4 Å². The molecule has 2 aromatic rings. The Bertz CT molecular complexity index is 683. The van der Waals surface area contributed by atoms with Crippen LogP contribution in [-0.2, 0) is 0 Å². The van der Waals surface area contributed by atoms with E-state index in [1.807, 2.05) is 30.3 Å². The van der Waals surface area contributed by atoms with Crippen LogP contribution < -0.4 is 10.6 Å². The normalized spacial score (nSPS) is 20.2. The van der Waals surface area contributed by atoms with Gasteiger partial charge >= 0.3 is 6.03 Å². The number of rotatable bonds is 6. The molecule has 1 aromatic heterocycles. The molecule has 0 spiro atoms. The van der Waals surface area contributed by atoms with Gasteiger partial charge < -0.3 is 20.2 Å². The van der Waals surface area contributed by atoms with Crippen LogP contribution in [0.1, 0.15) is 37.5 Å². The fourth-order valence-corrected chi connectivity index (χ4v) is 3.03. The second-order valence-corrected chi connectivity index (χ2v) is 6.99. The summed E-state index contributed by atoms with van der Waals surface area (Å²) in [7, 11) is 0. The highest BCUT2D eigenvalue weighted by Crippen LogP contribution is 2.44. The van der Waals surface area contributed by atoms with Gasteiger partial charge in [0.2, 0.25) is 0 Å². The molecule has 122 valence electrons. The topological polar surface area (TPSA) is 74.5 Å². The zero-order chi connectivity index (χ0) is 15.9. The lowest BCUT2D eigenvalue weighted by molar-refractivity contribution is 0.201. The van der Waals surface area contributed by atoms with Gasteiger partial charge in [0.25, 0.3) is 0 Å². The van der Waals surface area contributed by atoms with Gasteiger partial charge in [0.05, 0.1) is 12.6 Å². The van der Waals surface area contributed by atoms with Gasteiger partial charge in [-0.15, -0.1) is 0 Å². The van der Waals surface area contributed by atoms with E-state index in [0.29, 0.717) is 12.5 Å². The summed E-state index contributed by atoms with van der Waals surface area (Å²) in [6.07, 6.45) is 4.20. The Kier molecular flexibility index (Phi) is 3.53. The number of urea groups is 1. The number of nitrogens with one attached hydrogen (secondary N) is 2. The maximum atomic E-state index is 12.2. The molecular weight excluding hydrogens is 292 g/mol. The van der Waals surface area contributed by atoms with Crippen LogP contribution >= 0.6 is 0 Å². The Morgan fingerprint density at radius 3 is 2.78 bits per heavy atom. The molecule has 1 heterocycles. The summed E-state index contributed by atoms with van der Waals surface area (Å²) in [4.78, 5) is 12.2. The average Bonchev–Trinajstić information content (AvgIpc) is 3.48. The monoisotopic (exact) mass is 314 g/mol. The third-order valence-corrected chi connectivity index (χ3v) is 5.05. The molecule has 0 saturated heterocycles. The zero-order valence-corrected chi connectivity index (χ0v) is 13.0. The molecule has 0 radical (unpaired) electrons. The largest absolute Gasteiger partial charge is 0.459 e. The summed E-state index contributed by atoms with van der Waals surface area (Å²) in [5.41, 5.74) is 0.777. The second-order valence-electron chi connectivity index (χ2n) is 6.99. The fourth-order valence-electron chi connectivity index (χ4n) is 3.03. The number of carbonyl (C=O) groups is 1. The number of amides is 2. The number of carbonyl (C=O) groups excluding carboxylic acids is 1. The maximum Gasteiger partial charge on any atom is 0.315 e. The number of benzene rings is 1. The molecule has 5 nitrogen and oxygen atoms in total. The van der Waals surface area contributed by atoms with Crippen LogP contribution in [0.15, 0.2) is 34.7 Å². The van der Waals surface area contributed by atoms with E-state index in [4.69, 9.17) is 4.42 Å². The molecule has 5 heteroatoms. The molecule has 23 heavy (non-hydrogen) atoms. The molecule has 0 bridgehead atoms. The number of hydrogen-bond donors (Lipinski definition) is 3. The minimum absolute atomic E-state index is 0.0771. The summed E-state index contributed by atoms with van der Waals surface area (Å²) in [6.45, 7) is 0.676. The van der Waals surface area contributed by atoms with Crippen molar-refractivity contribution in [2.75, 3.05) is 13.2 Å². The summed E-state index contributed by atoms with van der Waals surface area (Å²) in [6, 6.07) is 9.66. The van der Waals surface area contributed by atoms with Crippen molar-refractivity contribution < 1.29 is 14.3 Å². The number of fused-ring (bicyclic) bond motifs is 1. The molecule has 4 rings (SSSR count). The molecule has 2 aliphatic rings. The van der Waals surface area contributed by atoms with E-state index in [1.165, 1.54) is 0 Å². The van der Waals surface area contributed by atoms with Crippen molar-refractivity contribution in [2.24, 2.45) is 11.3 Å². The van der Waals surface area contributed by atoms with Gasteiger partial charge in [-0.1, -0.05) is 18.2 Å². The van der Waals surface area contributed by atoms with Crippen LogP contribution in [0.25, 0.3) is 11.0 Å². The van der Waals surface area contributed by atoms with E-state index >= 15 is 0 Å². The first-order valence-electron chi connectivity index (χ1n) is 8.33. The molecule has 1 unspecified atom stereocenters. The van der Waals surface area contributed by atoms with Crippen LogP contribution in [0.2, 0.25) is 0 Å².